The van der Waals surface area contributed by atoms with E-state index < -0.39 is 0 Å². The Balaban J connectivity index is 2.07. The molecule has 0 unspecified atom stereocenters. The van der Waals surface area contributed by atoms with Gasteiger partial charge in [0.15, 0.2) is 11.6 Å². The van der Waals surface area contributed by atoms with Crippen LogP contribution in [-0.4, -0.2) is 0 Å². The molecule has 0 bridgehead atoms. The predicted molar refractivity (Wildman–Crippen MR) is 67.7 cm³/mol. The van der Waals surface area contributed by atoms with Gasteiger partial charge in [-0.05, 0) is 25.1 Å². The second-order valence-electron chi connectivity index (χ2n) is 3.72. The molecule has 2 N–H and O–H groups in total. The van der Waals surface area contributed by atoms with Crippen LogP contribution in [0.15, 0.2) is 30.3 Å². The van der Waals surface area contributed by atoms with Gasteiger partial charge in [-0.2, -0.15) is 0 Å². The van der Waals surface area contributed by atoms with E-state index in [9.17, 15) is 4.39 Å². The third-order valence-corrected chi connectivity index (χ3v) is 3.61. The molecule has 2 aromatic rings. The van der Waals surface area contributed by atoms with E-state index in [-0.39, 0.29) is 11.6 Å². The first-order chi connectivity index (χ1) is 8.20. The molecular formula is C13H14FNOS. The molecule has 0 saturated heterocycles. The molecule has 0 aliphatic rings. The molecule has 0 aliphatic carbocycles. The van der Waals surface area contributed by atoms with Gasteiger partial charge in [0.2, 0.25) is 0 Å². The first-order valence-corrected chi connectivity index (χ1v) is 6.18. The fourth-order valence-corrected chi connectivity index (χ4v) is 2.48. The van der Waals surface area contributed by atoms with Crippen LogP contribution in [0.25, 0.3) is 0 Å². The van der Waals surface area contributed by atoms with Gasteiger partial charge in [-0.1, -0.05) is 12.1 Å². The van der Waals surface area contributed by atoms with Crippen molar-refractivity contribution in [1.82, 2.24) is 0 Å². The Kier molecular flexibility index (Phi) is 3.76. The lowest BCUT2D eigenvalue weighted by Gasteiger charge is -2.06. The summed E-state index contributed by atoms with van der Waals surface area (Å²) in [7, 11) is 0. The molecule has 2 rings (SSSR count). The third-order valence-electron chi connectivity index (χ3n) is 2.49. The van der Waals surface area contributed by atoms with Crippen molar-refractivity contribution in [2.45, 2.75) is 20.1 Å². The standard InChI is InChI=1S/C13H14FNOS/c1-9-10(6-11(7-15)17-9)8-16-13-5-3-2-4-12(13)14/h2-6H,7-8,15H2,1H3. The van der Waals surface area contributed by atoms with E-state index >= 15 is 0 Å². The van der Waals surface area contributed by atoms with Gasteiger partial charge in [0.25, 0.3) is 0 Å². The van der Waals surface area contributed by atoms with E-state index in [1.165, 1.54) is 10.9 Å². The van der Waals surface area contributed by atoms with Crippen LogP contribution in [0.2, 0.25) is 0 Å². The van der Waals surface area contributed by atoms with Crippen LogP contribution in [-0.2, 0) is 13.2 Å². The second-order valence-corrected chi connectivity index (χ2v) is 5.06. The molecule has 90 valence electrons. The van der Waals surface area contributed by atoms with Crippen molar-refractivity contribution in [3.63, 3.8) is 0 Å². The zero-order chi connectivity index (χ0) is 12.3. The number of hydrogen-bond acceptors (Lipinski definition) is 3. The monoisotopic (exact) mass is 251 g/mol. The van der Waals surface area contributed by atoms with Gasteiger partial charge in [0.1, 0.15) is 6.61 Å². The Morgan fingerprint density at radius 3 is 2.76 bits per heavy atom. The zero-order valence-corrected chi connectivity index (χ0v) is 10.4. The van der Waals surface area contributed by atoms with Crippen LogP contribution in [0.1, 0.15) is 15.3 Å². The van der Waals surface area contributed by atoms with E-state index in [0.717, 1.165) is 10.4 Å². The highest BCUT2D eigenvalue weighted by Gasteiger charge is 2.07. The smallest absolute Gasteiger partial charge is 0.165 e. The van der Waals surface area contributed by atoms with E-state index in [1.807, 2.05) is 13.0 Å². The van der Waals surface area contributed by atoms with Crippen LogP contribution in [0, 0.1) is 12.7 Å². The number of benzene rings is 1. The summed E-state index contributed by atoms with van der Waals surface area (Å²) in [6, 6.07) is 8.43. The zero-order valence-electron chi connectivity index (χ0n) is 9.57. The number of rotatable bonds is 4. The maximum Gasteiger partial charge on any atom is 0.165 e. The van der Waals surface area contributed by atoms with Crippen molar-refractivity contribution in [2.24, 2.45) is 5.73 Å². The third kappa shape index (κ3) is 2.84. The van der Waals surface area contributed by atoms with Crippen molar-refractivity contribution in [2.75, 3.05) is 0 Å². The van der Waals surface area contributed by atoms with Crippen molar-refractivity contribution < 1.29 is 9.13 Å². The molecule has 0 spiro atoms. The minimum atomic E-state index is -0.334. The van der Waals surface area contributed by atoms with Crippen LogP contribution in [0.3, 0.4) is 0 Å². The van der Waals surface area contributed by atoms with E-state index in [0.29, 0.717) is 13.2 Å². The number of nitrogens with two attached hydrogens (primary N) is 1. The van der Waals surface area contributed by atoms with Crippen LogP contribution < -0.4 is 10.5 Å². The minimum absolute atomic E-state index is 0.285. The van der Waals surface area contributed by atoms with Crippen molar-refractivity contribution >= 4 is 11.3 Å². The Labute approximate surface area is 104 Å². The summed E-state index contributed by atoms with van der Waals surface area (Å²) in [5.41, 5.74) is 6.64. The fourth-order valence-electron chi connectivity index (χ4n) is 1.55. The maximum absolute atomic E-state index is 13.3. The Hall–Kier alpha value is -1.39. The van der Waals surface area contributed by atoms with Crippen molar-refractivity contribution in [3.05, 3.63) is 51.5 Å². The quantitative estimate of drug-likeness (QED) is 0.905. The van der Waals surface area contributed by atoms with Crippen LogP contribution in [0.5, 0.6) is 5.75 Å². The summed E-state index contributed by atoms with van der Waals surface area (Å²) in [4.78, 5) is 2.29. The summed E-state index contributed by atoms with van der Waals surface area (Å²) in [5, 5.41) is 0. The summed E-state index contributed by atoms with van der Waals surface area (Å²) in [6.45, 7) is 2.93. The number of aryl methyl sites for hydroxylation is 1. The molecule has 0 aliphatic heterocycles. The first kappa shape index (κ1) is 12.1. The number of hydrogen-bond donors (Lipinski definition) is 1. The highest BCUT2D eigenvalue weighted by atomic mass is 32.1. The normalized spacial score (nSPS) is 10.5. The average Bonchev–Trinajstić information content (AvgIpc) is 2.69. The molecule has 0 atom stereocenters. The van der Waals surface area contributed by atoms with Gasteiger partial charge < -0.3 is 10.5 Å². The molecule has 4 heteroatoms. The van der Waals surface area contributed by atoms with Crippen molar-refractivity contribution in [1.29, 1.82) is 0 Å². The predicted octanol–water partition coefficient (Wildman–Crippen LogP) is 3.23. The van der Waals surface area contributed by atoms with E-state index in [2.05, 4.69) is 0 Å². The second kappa shape index (κ2) is 5.29. The Morgan fingerprint density at radius 1 is 1.35 bits per heavy atom. The molecule has 0 saturated carbocycles. The molecule has 1 heterocycles. The molecule has 0 radical (unpaired) electrons. The largest absolute Gasteiger partial charge is 0.486 e. The molecule has 17 heavy (non-hydrogen) atoms. The maximum atomic E-state index is 13.3. The molecule has 1 aromatic heterocycles. The van der Waals surface area contributed by atoms with E-state index in [4.69, 9.17) is 10.5 Å². The van der Waals surface area contributed by atoms with Gasteiger partial charge in [-0.3, -0.25) is 0 Å². The van der Waals surface area contributed by atoms with Crippen LogP contribution >= 0.6 is 11.3 Å². The van der Waals surface area contributed by atoms with E-state index in [1.54, 1.807) is 29.5 Å². The summed E-state index contributed by atoms with van der Waals surface area (Å²) in [6.07, 6.45) is 0. The van der Waals surface area contributed by atoms with Crippen LogP contribution in [0.4, 0.5) is 4.39 Å². The fraction of sp³-hybridized carbons (Fsp3) is 0.231. The first-order valence-electron chi connectivity index (χ1n) is 5.36. The molecule has 0 amide bonds. The highest BCUT2D eigenvalue weighted by Crippen LogP contribution is 2.23. The van der Waals surface area contributed by atoms with Crippen molar-refractivity contribution in [3.8, 4) is 5.75 Å². The summed E-state index contributed by atoms with van der Waals surface area (Å²) in [5.74, 6) is -0.0492. The number of thiophene rings is 1. The number of para-hydroxylation sites is 1. The molecule has 2 nitrogen and oxygen atoms in total. The number of ether oxygens (including phenoxy) is 1. The lowest BCUT2D eigenvalue weighted by molar-refractivity contribution is 0.290. The molecule has 0 fully saturated rings. The number of halogens is 1. The highest BCUT2D eigenvalue weighted by molar-refractivity contribution is 7.12. The van der Waals surface area contributed by atoms with Gasteiger partial charge >= 0.3 is 0 Å². The topological polar surface area (TPSA) is 35.2 Å². The van der Waals surface area contributed by atoms with Gasteiger partial charge in [-0.15, -0.1) is 11.3 Å². The minimum Gasteiger partial charge on any atom is -0.486 e. The Morgan fingerprint density at radius 2 is 2.12 bits per heavy atom. The Bertz CT molecular complexity index is 510. The summed E-state index contributed by atoms with van der Waals surface area (Å²) < 4.78 is 18.8. The molecular weight excluding hydrogens is 237 g/mol. The van der Waals surface area contributed by atoms with Gasteiger partial charge in [-0.25, -0.2) is 4.39 Å². The lowest BCUT2D eigenvalue weighted by Crippen LogP contribution is -1.97. The SMILES string of the molecule is Cc1sc(CN)cc1COc1ccccc1F. The lowest BCUT2D eigenvalue weighted by atomic mass is 10.2. The van der Waals surface area contributed by atoms with Gasteiger partial charge in [0, 0.05) is 21.9 Å². The summed E-state index contributed by atoms with van der Waals surface area (Å²) >= 11 is 1.65. The average molecular weight is 251 g/mol. The van der Waals surface area contributed by atoms with Gasteiger partial charge in [0.05, 0.1) is 0 Å². The molecule has 1 aromatic carbocycles.